The van der Waals surface area contributed by atoms with Crippen LogP contribution in [-0.4, -0.2) is 32.2 Å². The highest BCUT2D eigenvalue weighted by Crippen LogP contribution is 2.20. The predicted molar refractivity (Wildman–Crippen MR) is 76.5 cm³/mol. The summed E-state index contributed by atoms with van der Waals surface area (Å²) in [5.74, 6) is 0.463. The lowest BCUT2D eigenvalue weighted by atomic mass is 10.1. The molecule has 0 heterocycles. The molecule has 1 saturated carbocycles. The number of carbonyl (C=O) groups excluding carboxylic acids is 1. The first-order valence-corrected chi connectivity index (χ1v) is 6.82. The van der Waals surface area contributed by atoms with Gasteiger partial charge in [0, 0.05) is 30.9 Å². The molecule has 104 valence electrons. The normalized spacial score (nSPS) is 15.9. The Morgan fingerprint density at radius 1 is 1.47 bits per heavy atom. The molecule has 1 aromatic carbocycles. The van der Waals surface area contributed by atoms with Gasteiger partial charge >= 0.3 is 0 Å². The predicted octanol–water partition coefficient (Wildman–Crippen LogP) is 2.27. The van der Waals surface area contributed by atoms with Gasteiger partial charge in [-0.15, -0.1) is 0 Å². The molecule has 0 spiro atoms. The van der Waals surface area contributed by atoms with Crippen molar-refractivity contribution < 1.29 is 9.53 Å². The molecule has 19 heavy (non-hydrogen) atoms. The van der Waals surface area contributed by atoms with E-state index in [2.05, 4.69) is 17.6 Å². The number of anilines is 1. The van der Waals surface area contributed by atoms with Crippen LogP contribution in [-0.2, 0) is 4.74 Å². The SMILES string of the molecule is COCC(C)CNc1cccc(C(=O)NC2CC2)c1. The molecule has 0 bridgehead atoms. The molecule has 1 atom stereocenters. The molecule has 1 aliphatic carbocycles. The molecular weight excluding hydrogens is 240 g/mol. The number of carbonyl (C=O) groups is 1. The van der Waals surface area contributed by atoms with Crippen LogP contribution in [0.15, 0.2) is 24.3 Å². The minimum Gasteiger partial charge on any atom is -0.385 e. The van der Waals surface area contributed by atoms with Crippen molar-refractivity contribution in [2.75, 3.05) is 25.6 Å². The summed E-state index contributed by atoms with van der Waals surface area (Å²) >= 11 is 0. The summed E-state index contributed by atoms with van der Waals surface area (Å²) < 4.78 is 5.10. The molecule has 2 N–H and O–H groups in total. The van der Waals surface area contributed by atoms with E-state index in [0.717, 1.165) is 37.2 Å². The van der Waals surface area contributed by atoms with Crippen molar-refractivity contribution in [1.82, 2.24) is 5.32 Å². The van der Waals surface area contributed by atoms with Crippen LogP contribution in [0.25, 0.3) is 0 Å². The standard InChI is InChI=1S/C15H22N2O2/c1-11(10-19-2)9-16-14-5-3-4-12(8-14)15(18)17-13-6-7-13/h3-5,8,11,13,16H,6-7,9-10H2,1-2H3,(H,17,18). The lowest BCUT2D eigenvalue weighted by Gasteiger charge is -2.13. The third kappa shape index (κ3) is 4.56. The number of ether oxygens (including phenoxy) is 1. The Hall–Kier alpha value is -1.55. The van der Waals surface area contributed by atoms with Crippen LogP contribution in [0.1, 0.15) is 30.1 Å². The molecule has 1 amide bonds. The van der Waals surface area contributed by atoms with Crippen LogP contribution in [0.4, 0.5) is 5.69 Å². The number of amides is 1. The Bertz CT molecular complexity index is 430. The topological polar surface area (TPSA) is 50.4 Å². The zero-order chi connectivity index (χ0) is 13.7. The van der Waals surface area contributed by atoms with E-state index in [9.17, 15) is 4.79 Å². The van der Waals surface area contributed by atoms with Crippen molar-refractivity contribution in [3.8, 4) is 0 Å². The second-order valence-corrected chi connectivity index (χ2v) is 5.27. The van der Waals surface area contributed by atoms with Gasteiger partial charge in [-0.1, -0.05) is 13.0 Å². The lowest BCUT2D eigenvalue weighted by Crippen LogP contribution is -2.25. The second-order valence-electron chi connectivity index (χ2n) is 5.27. The van der Waals surface area contributed by atoms with Gasteiger partial charge in [0.15, 0.2) is 0 Å². The van der Waals surface area contributed by atoms with E-state index >= 15 is 0 Å². The zero-order valence-electron chi connectivity index (χ0n) is 11.6. The van der Waals surface area contributed by atoms with Gasteiger partial charge in [-0.3, -0.25) is 4.79 Å². The Morgan fingerprint density at radius 2 is 2.26 bits per heavy atom. The van der Waals surface area contributed by atoms with E-state index in [-0.39, 0.29) is 5.91 Å². The van der Waals surface area contributed by atoms with Crippen LogP contribution < -0.4 is 10.6 Å². The van der Waals surface area contributed by atoms with Gasteiger partial charge in [0.2, 0.25) is 0 Å². The van der Waals surface area contributed by atoms with Gasteiger partial charge in [-0.25, -0.2) is 0 Å². The Kier molecular flexibility index (Phi) is 4.80. The minimum atomic E-state index is 0.0242. The number of benzene rings is 1. The molecule has 4 heteroatoms. The Morgan fingerprint density at radius 3 is 2.95 bits per heavy atom. The third-order valence-electron chi connectivity index (χ3n) is 3.14. The molecular formula is C15H22N2O2. The van der Waals surface area contributed by atoms with E-state index in [4.69, 9.17) is 4.74 Å². The summed E-state index contributed by atoms with van der Waals surface area (Å²) in [5.41, 5.74) is 1.70. The smallest absolute Gasteiger partial charge is 0.251 e. The van der Waals surface area contributed by atoms with E-state index in [1.807, 2.05) is 24.3 Å². The minimum absolute atomic E-state index is 0.0242. The molecule has 2 rings (SSSR count). The second kappa shape index (κ2) is 6.57. The van der Waals surface area contributed by atoms with Crippen LogP contribution >= 0.6 is 0 Å². The summed E-state index contributed by atoms with van der Waals surface area (Å²) in [6.45, 7) is 3.69. The van der Waals surface area contributed by atoms with Gasteiger partial charge in [0.1, 0.15) is 0 Å². The summed E-state index contributed by atoms with van der Waals surface area (Å²) in [6.07, 6.45) is 2.22. The highest BCUT2D eigenvalue weighted by molar-refractivity contribution is 5.95. The molecule has 1 unspecified atom stereocenters. The number of hydrogen-bond donors (Lipinski definition) is 2. The molecule has 0 aromatic heterocycles. The maximum atomic E-state index is 11.9. The lowest BCUT2D eigenvalue weighted by molar-refractivity contribution is 0.0951. The number of nitrogens with one attached hydrogen (secondary N) is 2. The maximum Gasteiger partial charge on any atom is 0.251 e. The molecule has 0 saturated heterocycles. The van der Waals surface area contributed by atoms with Crippen molar-refractivity contribution in [1.29, 1.82) is 0 Å². The van der Waals surface area contributed by atoms with Crippen molar-refractivity contribution in [2.24, 2.45) is 5.92 Å². The Labute approximate surface area is 114 Å². The number of rotatable bonds is 7. The first-order valence-electron chi connectivity index (χ1n) is 6.82. The molecule has 0 radical (unpaired) electrons. The van der Waals surface area contributed by atoms with Crippen LogP contribution in [0, 0.1) is 5.92 Å². The van der Waals surface area contributed by atoms with E-state index in [0.29, 0.717) is 12.0 Å². The fourth-order valence-electron chi connectivity index (χ4n) is 1.90. The maximum absolute atomic E-state index is 11.9. The fourth-order valence-corrected chi connectivity index (χ4v) is 1.90. The molecule has 4 nitrogen and oxygen atoms in total. The third-order valence-corrected chi connectivity index (χ3v) is 3.14. The van der Waals surface area contributed by atoms with Crippen LogP contribution in [0.2, 0.25) is 0 Å². The highest BCUT2D eigenvalue weighted by Gasteiger charge is 2.23. The van der Waals surface area contributed by atoms with Gasteiger partial charge in [-0.2, -0.15) is 0 Å². The fraction of sp³-hybridized carbons (Fsp3) is 0.533. The number of methoxy groups -OCH3 is 1. The van der Waals surface area contributed by atoms with Gasteiger partial charge in [0.05, 0.1) is 6.61 Å². The van der Waals surface area contributed by atoms with Gasteiger partial charge in [-0.05, 0) is 37.0 Å². The monoisotopic (exact) mass is 262 g/mol. The van der Waals surface area contributed by atoms with Crippen molar-refractivity contribution in [3.63, 3.8) is 0 Å². The first-order chi connectivity index (χ1) is 9.19. The summed E-state index contributed by atoms with van der Waals surface area (Å²) in [4.78, 5) is 11.9. The van der Waals surface area contributed by atoms with Crippen LogP contribution in [0.3, 0.4) is 0 Å². The molecule has 1 fully saturated rings. The average molecular weight is 262 g/mol. The highest BCUT2D eigenvalue weighted by atomic mass is 16.5. The van der Waals surface area contributed by atoms with Crippen molar-refractivity contribution >= 4 is 11.6 Å². The van der Waals surface area contributed by atoms with Gasteiger partial charge < -0.3 is 15.4 Å². The van der Waals surface area contributed by atoms with E-state index < -0.39 is 0 Å². The molecule has 0 aliphatic heterocycles. The largest absolute Gasteiger partial charge is 0.385 e. The van der Waals surface area contributed by atoms with Crippen molar-refractivity contribution in [3.05, 3.63) is 29.8 Å². The Balaban J connectivity index is 1.88. The van der Waals surface area contributed by atoms with E-state index in [1.54, 1.807) is 7.11 Å². The molecule has 1 aromatic rings. The molecule has 1 aliphatic rings. The summed E-state index contributed by atoms with van der Waals surface area (Å²) in [7, 11) is 1.71. The first kappa shape index (κ1) is 13.9. The summed E-state index contributed by atoms with van der Waals surface area (Å²) in [6, 6.07) is 8.03. The van der Waals surface area contributed by atoms with E-state index in [1.165, 1.54) is 0 Å². The van der Waals surface area contributed by atoms with Crippen molar-refractivity contribution in [2.45, 2.75) is 25.8 Å². The van der Waals surface area contributed by atoms with Crippen LogP contribution in [0.5, 0.6) is 0 Å². The zero-order valence-corrected chi connectivity index (χ0v) is 11.6. The summed E-state index contributed by atoms with van der Waals surface area (Å²) in [5, 5.41) is 6.33. The van der Waals surface area contributed by atoms with Gasteiger partial charge in [0.25, 0.3) is 5.91 Å². The average Bonchev–Trinajstić information content (AvgIpc) is 3.21. The quantitative estimate of drug-likeness (QED) is 0.792. The number of hydrogen-bond acceptors (Lipinski definition) is 3.